The predicted octanol–water partition coefficient (Wildman–Crippen LogP) is 1.42. The Hall–Kier alpha value is -1.39. The van der Waals surface area contributed by atoms with Gasteiger partial charge in [0.05, 0.1) is 6.42 Å². The summed E-state index contributed by atoms with van der Waals surface area (Å²) in [5.41, 5.74) is 8.14. The molecule has 1 aromatic rings. The largest absolute Gasteiger partial charge is 0.340 e. The van der Waals surface area contributed by atoms with E-state index in [1.807, 2.05) is 23.1 Å². The number of carbonyl (C=O) groups is 1. The molecule has 0 spiro atoms. The van der Waals surface area contributed by atoms with E-state index in [0.717, 1.165) is 38.2 Å². The van der Waals surface area contributed by atoms with E-state index in [0.29, 0.717) is 19.0 Å². The molecular weight excluding hydrogens is 262 g/mol. The fraction of sp³-hybridized carbons (Fsp3) is 0.588. The molecule has 1 saturated heterocycles. The maximum absolute atomic E-state index is 12.4. The van der Waals surface area contributed by atoms with Crippen LogP contribution in [0.4, 0.5) is 0 Å². The van der Waals surface area contributed by atoms with Crippen molar-refractivity contribution in [2.45, 2.75) is 32.7 Å². The van der Waals surface area contributed by atoms with Gasteiger partial charge in [-0.25, -0.2) is 0 Å². The molecule has 1 amide bonds. The number of rotatable bonds is 5. The van der Waals surface area contributed by atoms with Crippen molar-refractivity contribution in [1.29, 1.82) is 0 Å². The minimum absolute atomic E-state index is 0.241. The molecule has 4 nitrogen and oxygen atoms in total. The highest BCUT2D eigenvalue weighted by Gasteiger charge is 2.24. The Labute approximate surface area is 127 Å². The quantitative estimate of drug-likeness (QED) is 0.892. The number of amides is 1. The van der Waals surface area contributed by atoms with Crippen molar-refractivity contribution in [3.8, 4) is 0 Å². The van der Waals surface area contributed by atoms with Crippen LogP contribution in [0.2, 0.25) is 0 Å². The van der Waals surface area contributed by atoms with E-state index in [2.05, 4.69) is 24.8 Å². The van der Waals surface area contributed by atoms with Gasteiger partial charge in [-0.15, -0.1) is 0 Å². The van der Waals surface area contributed by atoms with Gasteiger partial charge in [-0.05, 0) is 24.5 Å². The lowest BCUT2D eigenvalue weighted by Gasteiger charge is -2.38. The molecule has 1 aliphatic heterocycles. The normalized spacial score (nSPS) is 17.8. The Bertz CT molecular complexity index is 463. The monoisotopic (exact) mass is 289 g/mol. The minimum atomic E-state index is 0.241. The van der Waals surface area contributed by atoms with E-state index in [1.165, 1.54) is 5.56 Å². The highest BCUT2D eigenvalue weighted by molar-refractivity contribution is 5.79. The number of nitrogens with zero attached hydrogens (tertiary/aromatic N) is 2. The number of nitrogens with two attached hydrogens (primary N) is 1. The average Bonchev–Trinajstić information content (AvgIpc) is 2.51. The Morgan fingerprint density at radius 1 is 1.24 bits per heavy atom. The second-order valence-corrected chi connectivity index (χ2v) is 5.82. The third-order valence-electron chi connectivity index (χ3n) is 4.53. The lowest BCUT2D eigenvalue weighted by molar-refractivity contribution is -0.132. The van der Waals surface area contributed by atoms with Crippen molar-refractivity contribution >= 4 is 5.91 Å². The molecule has 2 rings (SSSR count). The minimum Gasteiger partial charge on any atom is -0.340 e. The molecule has 1 atom stereocenters. The van der Waals surface area contributed by atoms with E-state index in [-0.39, 0.29) is 5.91 Å². The van der Waals surface area contributed by atoms with Crippen molar-refractivity contribution in [3.05, 3.63) is 35.4 Å². The van der Waals surface area contributed by atoms with Gasteiger partial charge in [0.1, 0.15) is 0 Å². The Kier molecular flexibility index (Phi) is 5.76. The first-order chi connectivity index (χ1) is 10.2. The van der Waals surface area contributed by atoms with Crippen LogP contribution >= 0.6 is 0 Å². The topological polar surface area (TPSA) is 49.6 Å². The molecule has 0 saturated carbocycles. The number of hydrogen-bond acceptors (Lipinski definition) is 3. The van der Waals surface area contributed by atoms with Crippen LogP contribution in [0.1, 0.15) is 24.5 Å². The Balaban J connectivity index is 1.87. The van der Waals surface area contributed by atoms with Crippen LogP contribution in [-0.4, -0.2) is 54.5 Å². The van der Waals surface area contributed by atoms with Gasteiger partial charge in [-0.2, -0.15) is 0 Å². The second kappa shape index (κ2) is 7.57. The summed E-state index contributed by atoms with van der Waals surface area (Å²) in [7, 11) is 0. The summed E-state index contributed by atoms with van der Waals surface area (Å²) in [6.45, 7) is 8.46. The summed E-state index contributed by atoms with van der Waals surface area (Å²) in [5.74, 6) is 0.241. The van der Waals surface area contributed by atoms with Crippen LogP contribution in [0.15, 0.2) is 24.3 Å². The van der Waals surface area contributed by atoms with Crippen molar-refractivity contribution in [3.63, 3.8) is 0 Å². The van der Waals surface area contributed by atoms with Gasteiger partial charge >= 0.3 is 0 Å². The molecule has 0 radical (unpaired) electrons. The highest BCUT2D eigenvalue weighted by atomic mass is 16.2. The van der Waals surface area contributed by atoms with E-state index in [9.17, 15) is 4.79 Å². The molecule has 2 N–H and O–H groups in total. The second-order valence-electron chi connectivity index (χ2n) is 5.82. The van der Waals surface area contributed by atoms with Gasteiger partial charge in [-0.3, -0.25) is 9.69 Å². The van der Waals surface area contributed by atoms with Crippen LogP contribution in [0, 0.1) is 6.92 Å². The molecule has 1 fully saturated rings. The number of benzene rings is 1. The molecule has 21 heavy (non-hydrogen) atoms. The van der Waals surface area contributed by atoms with Crippen LogP contribution in [0.5, 0.6) is 0 Å². The number of aryl methyl sites for hydroxylation is 1. The molecule has 4 heteroatoms. The van der Waals surface area contributed by atoms with Crippen molar-refractivity contribution in [1.82, 2.24) is 9.80 Å². The summed E-state index contributed by atoms with van der Waals surface area (Å²) >= 11 is 0. The Morgan fingerprint density at radius 3 is 2.48 bits per heavy atom. The summed E-state index contributed by atoms with van der Waals surface area (Å²) in [6.07, 6.45) is 1.59. The Morgan fingerprint density at radius 2 is 1.90 bits per heavy atom. The maximum Gasteiger partial charge on any atom is 0.227 e. The fourth-order valence-corrected chi connectivity index (χ4v) is 2.99. The molecule has 0 aliphatic carbocycles. The van der Waals surface area contributed by atoms with Crippen LogP contribution < -0.4 is 5.73 Å². The van der Waals surface area contributed by atoms with Crippen LogP contribution in [0.3, 0.4) is 0 Å². The van der Waals surface area contributed by atoms with Crippen LogP contribution in [0.25, 0.3) is 0 Å². The van der Waals surface area contributed by atoms with E-state index in [1.54, 1.807) is 0 Å². The molecule has 1 aromatic carbocycles. The van der Waals surface area contributed by atoms with E-state index in [4.69, 9.17) is 5.73 Å². The van der Waals surface area contributed by atoms with Gasteiger partial charge in [0.2, 0.25) is 5.91 Å². The van der Waals surface area contributed by atoms with Crippen molar-refractivity contribution < 1.29 is 4.79 Å². The lowest BCUT2D eigenvalue weighted by Crippen LogP contribution is -2.53. The molecule has 0 aromatic heterocycles. The SMILES string of the molecule is CCC(CN)N1CCN(C(=O)Cc2ccccc2C)CC1. The standard InChI is InChI=1S/C17H27N3O/c1-3-16(13-18)19-8-10-20(11-9-19)17(21)12-15-7-5-4-6-14(15)2/h4-7,16H,3,8-13,18H2,1-2H3. The molecule has 1 aliphatic rings. The highest BCUT2D eigenvalue weighted by Crippen LogP contribution is 2.12. The molecular formula is C17H27N3O. The zero-order valence-electron chi connectivity index (χ0n) is 13.2. The third kappa shape index (κ3) is 4.05. The van der Waals surface area contributed by atoms with Gasteiger partial charge in [-0.1, -0.05) is 31.2 Å². The summed E-state index contributed by atoms with van der Waals surface area (Å²) in [4.78, 5) is 16.8. The average molecular weight is 289 g/mol. The smallest absolute Gasteiger partial charge is 0.227 e. The fourth-order valence-electron chi connectivity index (χ4n) is 2.99. The van der Waals surface area contributed by atoms with Gasteiger partial charge in [0.25, 0.3) is 0 Å². The zero-order chi connectivity index (χ0) is 15.2. The number of carbonyl (C=O) groups excluding carboxylic acids is 1. The van der Waals surface area contributed by atoms with Gasteiger partial charge < -0.3 is 10.6 Å². The van der Waals surface area contributed by atoms with Gasteiger partial charge in [0, 0.05) is 38.8 Å². The first kappa shape index (κ1) is 16.0. The van der Waals surface area contributed by atoms with Crippen LogP contribution in [-0.2, 0) is 11.2 Å². The first-order valence-corrected chi connectivity index (χ1v) is 7.92. The molecule has 116 valence electrons. The van der Waals surface area contributed by atoms with Gasteiger partial charge in [0.15, 0.2) is 0 Å². The van der Waals surface area contributed by atoms with Crippen molar-refractivity contribution in [2.24, 2.45) is 5.73 Å². The summed E-state index contributed by atoms with van der Waals surface area (Å²) in [6, 6.07) is 8.58. The molecule has 1 unspecified atom stereocenters. The first-order valence-electron chi connectivity index (χ1n) is 7.92. The molecule has 1 heterocycles. The third-order valence-corrected chi connectivity index (χ3v) is 4.53. The summed E-state index contributed by atoms with van der Waals surface area (Å²) in [5, 5.41) is 0. The van der Waals surface area contributed by atoms with E-state index >= 15 is 0 Å². The molecule has 0 bridgehead atoms. The number of hydrogen-bond donors (Lipinski definition) is 1. The lowest BCUT2D eigenvalue weighted by atomic mass is 10.0. The number of piperazine rings is 1. The summed E-state index contributed by atoms with van der Waals surface area (Å²) < 4.78 is 0. The maximum atomic E-state index is 12.4. The van der Waals surface area contributed by atoms with E-state index < -0.39 is 0 Å². The van der Waals surface area contributed by atoms with Crippen molar-refractivity contribution in [2.75, 3.05) is 32.7 Å². The predicted molar refractivity (Wildman–Crippen MR) is 86.2 cm³/mol. The zero-order valence-corrected chi connectivity index (χ0v) is 13.2.